The van der Waals surface area contributed by atoms with E-state index in [-0.39, 0.29) is 5.82 Å². The van der Waals surface area contributed by atoms with Crippen LogP contribution >= 0.6 is 0 Å². The maximum atomic E-state index is 13.0. The van der Waals surface area contributed by atoms with E-state index in [1.54, 1.807) is 18.3 Å². The molecule has 0 amide bonds. The normalized spacial score (nSPS) is 11.1. The highest BCUT2D eigenvalue weighted by Gasteiger charge is 2.12. The number of imidazole rings is 1. The fraction of sp³-hybridized carbons (Fsp3) is 0.143. The SMILES string of the molecule is NCCn1c(-c2ccc(F)cc2)nc2cccnc21. The summed E-state index contributed by atoms with van der Waals surface area (Å²) >= 11 is 0. The van der Waals surface area contributed by atoms with Crippen molar-refractivity contribution in [2.45, 2.75) is 6.54 Å². The van der Waals surface area contributed by atoms with E-state index in [9.17, 15) is 4.39 Å². The maximum Gasteiger partial charge on any atom is 0.160 e. The molecule has 5 heteroatoms. The van der Waals surface area contributed by atoms with E-state index in [1.165, 1.54) is 12.1 Å². The fourth-order valence-electron chi connectivity index (χ4n) is 2.12. The van der Waals surface area contributed by atoms with Gasteiger partial charge >= 0.3 is 0 Å². The number of nitrogens with zero attached hydrogens (tertiary/aromatic N) is 3. The molecule has 0 aliphatic rings. The highest BCUT2D eigenvalue weighted by Crippen LogP contribution is 2.23. The molecule has 0 bridgehead atoms. The minimum Gasteiger partial charge on any atom is -0.329 e. The van der Waals surface area contributed by atoms with Crippen molar-refractivity contribution in [3.8, 4) is 11.4 Å². The lowest BCUT2D eigenvalue weighted by Gasteiger charge is -2.06. The fourth-order valence-corrected chi connectivity index (χ4v) is 2.12. The third-order valence-electron chi connectivity index (χ3n) is 2.96. The van der Waals surface area contributed by atoms with Crippen LogP contribution in [0.25, 0.3) is 22.6 Å². The Balaban J connectivity index is 2.21. The number of hydrogen-bond acceptors (Lipinski definition) is 3. The van der Waals surface area contributed by atoms with E-state index in [2.05, 4.69) is 9.97 Å². The lowest BCUT2D eigenvalue weighted by molar-refractivity contribution is 0.628. The van der Waals surface area contributed by atoms with Crippen LogP contribution in [-0.2, 0) is 6.54 Å². The van der Waals surface area contributed by atoms with E-state index >= 15 is 0 Å². The van der Waals surface area contributed by atoms with Crippen LogP contribution in [0.2, 0.25) is 0 Å². The molecule has 0 radical (unpaired) electrons. The van der Waals surface area contributed by atoms with Gasteiger partial charge in [0.2, 0.25) is 0 Å². The molecule has 3 rings (SSSR count). The van der Waals surface area contributed by atoms with Crippen molar-refractivity contribution < 1.29 is 4.39 Å². The second-order valence-electron chi connectivity index (χ2n) is 4.23. The van der Waals surface area contributed by atoms with Crippen LogP contribution in [0.5, 0.6) is 0 Å². The maximum absolute atomic E-state index is 13.0. The van der Waals surface area contributed by atoms with Gasteiger partial charge in [0, 0.05) is 24.8 Å². The molecule has 2 N–H and O–H groups in total. The molecular formula is C14H13FN4. The van der Waals surface area contributed by atoms with Crippen LogP contribution in [-0.4, -0.2) is 21.1 Å². The van der Waals surface area contributed by atoms with Gasteiger partial charge in [-0.3, -0.25) is 0 Å². The van der Waals surface area contributed by atoms with E-state index in [0.29, 0.717) is 13.1 Å². The van der Waals surface area contributed by atoms with Crippen LogP contribution in [0.3, 0.4) is 0 Å². The molecule has 0 atom stereocenters. The summed E-state index contributed by atoms with van der Waals surface area (Å²) in [6, 6.07) is 10.0. The predicted octanol–water partition coefficient (Wildman–Crippen LogP) is 2.20. The summed E-state index contributed by atoms with van der Waals surface area (Å²) in [5, 5.41) is 0. The van der Waals surface area contributed by atoms with Gasteiger partial charge in [-0.25, -0.2) is 14.4 Å². The van der Waals surface area contributed by atoms with Crippen molar-refractivity contribution in [3.05, 3.63) is 48.4 Å². The Morgan fingerprint density at radius 1 is 1.16 bits per heavy atom. The van der Waals surface area contributed by atoms with Gasteiger partial charge in [-0.05, 0) is 36.4 Å². The molecule has 1 aromatic carbocycles. The zero-order valence-electron chi connectivity index (χ0n) is 10.3. The standard InChI is InChI=1S/C14H13FN4/c15-11-5-3-10(4-6-11)13-18-12-2-1-8-17-14(12)19(13)9-7-16/h1-6,8H,7,9,16H2. The number of rotatable bonds is 3. The minimum absolute atomic E-state index is 0.261. The Labute approximate surface area is 109 Å². The van der Waals surface area contributed by atoms with Gasteiger partial charge in [0.1, 0.15) is 17.2 Å². The molecule has 3 aromatic rings. The smallest absolute Gasteiger partial charge is 0.160 e. The first-order chi connectivity index (χ1) is 9.29. The summed E-state index contributed by atoms with van der Waals surface area (Å²) in [5.41, 5.74) is 8.11. The highest BCUT2D eigenvalue weighted by molar-refractivity contribution is 5.77. The van der Waals surface area contributed by atoms with Crippen LogP contribution in [0.1, 0.15) is 0 Å². The molecule has 0 saturated heterocycles. The molecule has 19 heavy (non-hydrogen) atoms. The van der Waals surface area contributed by atoms with Crippen molar-refractivity contribution in [2.75, 3.05) is 6.54 Å². The van der Waals surface area contributed by atoms with Crippen LogP contribution in [0.4, 0.5) is 4.39 Å². The number of benzene rings is 1. The lowest BCUT2D eigenvalue weighted by Crippen LogP contribution is -2.11. The molecular weight excluding hydrogens is 243 g/mol. The number of hydrogen-bond donors (Lipinski definition) is 1. The Hall–Kier alpha value is -2.27. The molecule has 96 valence electrons. The Kier molecular flexibility index (Phi) is 2.97. The van der Waals surface area contributed by atoms with Gasteiger partial charge in [0.25, 0.3) is 0 Å². The number of nitrogens with two attached hydrogens (primary N) is 1. The summed E-state index contributed by atoms with van der Waals surface area (Å²) in [6.07, 6.45) is 1.73. The van der Waals surface area contributed by atoms with Crippen molar-refractivity contribution in [3.63, 3.8) is 0 Å². The number of pyridine rings is 1. The summed E-state index contributed by atoms with van der Waals surface area (Å²) in [4.78, 5) is 8.89. The molecule has 0 fully saturated rings. The van der Waals surface area contributed by atoms with Gasteiger partial charge in [-0.2, -0.15) is 0 Å². The molecule has 4 nitrogen and oxygen atoms in total. The molecule has 0 aliphatic heterocycles. The molecule has 0 saturated carbocycles. The van der Waals surface area contributed by atoms with Gasteiger partial charge in [-0.15, -0.1) is 0 Å². The number of aromatic nitrogens is 3. The zero-order valence-corrected chi connectivity index (χ0v) is 10.3. The molecule has 0 unspecified atom stereocenters. The highest BCUT2D eigenvalue weighted by atomic mass is 19.1. The summed E-state index contributed by atoms with van der Waals surface area (Å²) in [5.74, 6) is 0.502. The number of fused-ring (bicyclic) bond motifs is 1. The Morgan fingerprint density at radius 3 is 2.68 bits per heavy atom. The first kappa shape index (κ1) is 11.8. The van der Waals surface area contributed by atoms with E-state index in [1.807, 2.05) is 16.7 Å². The zero-order chi connectivity index (χ0) is 13.2. The van der Waals surface area contributed by atoms with Crippen LogP contribution < -0.4 is 5.73 Å². The van der Waals surface area contributed by atoms with Crippen LogP contribution in [0, 0.1) is 5.82 Å². The molecule has 0 aliphatic carbocycles. The van der Waals surface area contributed by atoms with E-state index in [0.717, 1.165) is 22.6 Å². The molecule has 2 aromatic heterocycles. The lowest BCUT2D eigenvalue weighted by atomic mass is 10.2. The number of halogens is 1. The molecule has 2 heterocycles. The minimum atomic E-state index is -0.261. The van der Waals surface area contributed by atoms with E-state index < -0.39 is 0 Å². The summed E-state index contributed by atoms with van der Waals surface area (Å²) in [6.45, 7) is 1.12. The van der Waals surface area contributed by atoms with Crippen LogP contribution in [0.15, 0.2) is 42.6 Å². The first-order valence-corrected chi connectivity index (χ1v) is 6.07. The summed E-state index contributed by atoms with van der Waals surface area (Å²) < 4.78 is 15.0. The van der Waals surface area contributed by atoms with Gasteiger partial charge < -0.3 is 10.3 Å². The van der Waals surface area contributed by atoms with Gasteiger partial charge in [0.05, 0.1) is 0 Å². The first-order valence-electron chi connectivity index (χ1n) is 6.07. The average Bonchev–Trinajstić information content (AvgIpc) is 2.79. The van der Waals surface area contributed by atoms with Crippen molar-refractivity contribution in [1.29, 1.82) is 0 Å². The van der Waals surface area contributed by atoms with E-state index in [4.69, 9.17) is 5.73 Å². The predicted molar refractivity (Wildman–Crippen MR) is 72.0 cm³/mol. The topological polar surface area (TPSA) is 56.7 Å². The summed E-state index contributed by atoms with van der Waals surface area (Å²) in [7, 11) is 0. The monoisotopic (exact) mass is 256 g/mol. The quantitative estimate of drug-likeness (QED) is 0.781. The molecule has 0 spiro atoms. The van der Waals surface area contributed by atoms with Gasteiger partial charge in [0.15, 0.2) is 5.65 Å². The Bertz CT molecular complexity index is 703. The second kappa shape index (κ2) is 4.78. The Morgan fingerprint density at radius 2 is 1.95 bits per heavy atom. The largest absolute Gasteiger partial charge is 0.329 e. The third kappa shape index (κ3) is 2.08. The average molecular weight is 256 g/mol. The van der Waals surface area contributed by atoms with Crippen molar-refractivity contribution >= 4 is 11.2 Å². The van der Waals surface area contributed by atoms with Crippen molar-refractivity contribution in [1.82, 2.24) is 14.5 Å². The third-order valence-corrected chi connectivity index (χ3v) is 2.96. The second-order valence-corrected chi connectivity index (χ2v) is 4.23. The van der Waals surface area contributed by atoms with Crippen molar-refractivity contribution in [2.24, 2.45) is 5.73 Å². The van der Waals surface area contributed by atoms with Gasteiger partial charge in [-0.1, -0.05) is 0 Å².